The molecule has 0 radical (unpaired) electrons. The molecule has 0 saturated carbocycles. The maximum absolute atomic E-state index is 13.1. The molecular weight excluding hydrogens is 345 g/mol. The summed E-state index contributed by atoms with van der Waals surface area (Å²) in [5, 5.41) is 10.2. The Bertz CT molecular complexity index is 1210. The average molecular weight is 359 g/mol. The van der Waals surface area contributed by atoms with Crippen LogP contribution in [0.4, 0.5) is 4.39 Å². The highest BCUT2D eigenvalue weighted by atomic mass is 19.1. The molecule has 4 rings (SSSR count). The summed E-state index contributed by atoms with van der Waals surface area (Å²) in [6.07, 6.45) is 6.46. The molecule has 0 spiro atoms. The molecule has 2 aromatic carbocycles. The molecule has 0 fully saturated rings. The van der Waals surface area contributed by atoms with Crippen molar-refractivity contribution >= 4 is 23.1 Å². The quantitative estimate of drug-likeness (QED) is 0.604. The molecule has 5 nitrogen and oxygen atoms in total. The van der Waals surface area contributed by atoms with Crippen LogP contribution in [0.2, 0.25) is 0 Å². The number of benzene rings is 2. The zero-order valence-corrected chi connectivity index (χ0v) is 14.1. The number of rotatable bonds is 3. The molecule has 0 saturated heterocycles. The second-order valence-electron chi connectivity index (χ2n) is 5.91. The molecule has 2 aromatic heterocycles. The lowest BCUT2D eigenvalue weighted by molar-refractivity contribution is 0.475. The number of phenolic OH excluding ortho intramolecular Hbond substituents is 1. The molecule has 6 heteroatoms. The Kier molecular flexibility index (Phi) is 4.22. The Balaban J connectivity index is 1.93. The van der Waals surface area contributed by atoms with Crippen LogP contribution in [-0.4, -0.2) is 19.6 Å². The molecule has 0 aliphatic rings. The van der Waals surface area contributed by atoms with Gasteiger partial charge in [0, 0.05) is 18.5 Å². The standard InChI is InChI=1S/C21H14FN3O2/c22-15-7-4-14(5-8-15)6-9-20-24-19-10-11-23-13-18(19)21(27)25(20)16-2-1-3-17(26)12-16/h1-13,26H. The van der Waals surface area contributed by atoms with Gasteiger partial charge in [-0.1, -0.05) is 24.3 Å². The third-order valence-electron chi connectivity index (χ3n) is 4.08. The van der Waals surface area contributed by atoms with Crippen molar-refractivity contribution in [1.29, 1.82) is 0 Å². The summed E-state index contributed by atoms with van der Waals surface area (Å²) in [4.78, 5) is 21.6. The van der Waals surface area contributed by atoms with Gasteiger partial charge in [0.25, 0.3) is 5.56 Å². The van der Waals surface area contributed by atoms with Gasteiger partial charge in [-0.05, 0) is 42.0 Å². The molecule has 2 heterocycles. The van der Waals surface area contributed by atoms with E-state index in [4.69, 9.17) is 0 Å². The maximum atomic E-state index is 13.1. The first-order valence-corrected chi connectivity index (χ1v) is 8.22. The van der Waals surface area contributed by atoms with Crippen LogP contribution < -0.4 is 5.56 Å². The molecule has 0 unspecified atom stereocenters. The SMILES string of the molecule is O=c1c2cnccc2nc(C=Cc2ccc(F)cc2)n1-c1cccc(O)c1. The van der Waals surface area contributed by atoms with Crippen LogP contribution in [0, 0.1) is 5.82 Å². The lowest BCUT2D eigenvalue weighted by Gasteiger charge is -2.11. The van der Waals surface area contributed by atoms with Gasteiger partial charge in [0.1, 0.15) is 17.4 Å². The minimum absolute atomic E-state index is 0.0409. The molecule has 0 atom stereocenters. The van der Waals surface area contributed by atoms with E-state index >= 15 is 0 Å². The molecule has 132 valence electrons. The largest absolute Gasteiger partial charge is 0.508 e. The summed E-state index contributed by atoms with van der Waals surface area (Å²) >= 11 is 0. The highest BCUT2D eigenvalue weighted by Crippen LogP contribution is 2.18. The van der Waals surface area contributed by atoms with Crippen molar-refractivity contribution in [2.45, 2.75) is 0 Å². The zero-order chi connectivity index (χ0) is 18.8. The van der Waals surface area contributed by atoms with Crippen molar-refractivity contribution in [2.75, 3.05) is 0 Å². The van der Waals surface area contributed by atoms with Crippen LogP contribution in [-0.2, 0) is 0 Å². The number of pyridine rings is 1. The summed E-state index contributed by atoms with van der Waals surface area (Å²) in [6.45, 7) is 0. The van der Waals surface area contributed by atoms with Crippen molar-refractivity contribution in [2.24, 2.45) is 0 Å². The topological polar surface area (TPSA) is 68.0 Å². The second-order valence-corrected chi connectivity index (χ2v) is 5.91. The van der Waals surface area contributed by atoms with Gasteiger partial charge in [-0.15, -0.1) is 0 Å². The Labute approximate surface area is 153 Å². The monoisotopic (exact) mass is 359 g/mol. The average Bonchev–Trinajstić information content (AvgIpc) is 2.68. The summed E-state index contributed by atoms with van der Waals surface area (Å²) in [6, 6.07) is 14.0. The van der Waals surface area contributed by atoms with Crippen molar-refractivity contribution in [3.05, 3.63) is 94.5 Å². The fourth-order valence-corrected chi connectivity index (χ4v) is 2.79. The summed E-state index contributed by atoms with van der Waals surface area (Å²) in [7, 11) is 0. The summed E-state index contributed by atoms with van der Waals surface area (Å²) in [5.41, 5.74) is 1.47. The second kappa shape index (κ2) is 6.84. The van der Waals surface area contributed by atoms with Crippen molar-refractivity contribution in [3.8, 4) is 11.4 Å². The van der Waals surface area contributed by atoms with Gasteiger partial charge >= 0.3 is 0 Å². The number of halogens is 1. The number of nitrogens with zero attached hydrogens (tertiary/aromatic N) is 3. The van der Waals surface area contributed by atoms with E-state index in [0.29, 0.717) is 22.4 Å². The number of phenols is 1. The zero-order valence-electron chi connectivity index (χ0n) is 14.1. The minimum atomic E-state index is -0.319. The van der Waals surface area contributed by atoms with Gasteiger partial charge in [-0.3, -0.25) is 14.3 Å². The normalized spacial score (nSPS) is 11.3. The number of fused-ring (bicyclic) bond motifs is 1. The maximum Gasteiger partial charge on any atom is 0.267 e. The van der Waals surface area contributed by atoms with E-state index in [9.17, 15) is 14.3 Å². The third kappa shape index (κ3) is 3.32. The van der Waals surface area contributed by atoms with E-state index in [-0.39, 0.29) is 17.1 Å². The summed E-state index contributed by atoms with van der Waals surface area (Å²) in [5.74, 6) is 0.105. The van der Waals surface area contributed by atoms with Gasteiger partial charge in [0.15, 0.2) is 0 Å². The van der Waals surface area contributed by atoms with E-state index in [1.54, 1.807) is 48.7 Å². The van der Waals surface area contributed by atoms with E-state index in [0.717, 1.165) is 5.56 Å². The highest BCUT2D eigenvalue weighted by Gasteiger charge is 2.11. The molecule has 0 bridgehead atoms. The van der Waals surface area contributed by atoms with Gasteiger partial charge in [-0.2, -0.15) is 0 Å². The van der Waals surface area contributed by atoms with E-state index < -0.39 is 0 Å². The molecular formula is C21H14FN3O2. The first-order chi connectivity index (χ1) is 13.1. The smallest absolute Gasteiger partial charge is 0.267 e. The number of aromatic hydroxyl groups is 1. The van der Waals surface area contributed by atoms with E-state index in [2.05, 4.69) is 9.97 Å². The Morgan fingerprint density at radius 3 is 2.63 bits per heavy atom. The van der Waals surface area contributed by atoms with Gasteiger partial charge in [0.2, 0.25) is 0 Å². The fourth-order valence-electron chi connectivity index (χ4n) is 2.79. The Morgan fingerprint density at radius 1 is 1.04 bits per heavy atom. The molecule has 4 aromatic rings. The van der Waals surface area contributed by atoms with E-state index in [1.807, 2.05) is 0 Å². The van der Waals surface area contributed by atoms with Crippen molar-refractivity contribution in [3.63, 3.8) is 0 Å². The van der Waals surface area contributed by atoms with Gasteiger partial charge in [0.05, 0.1) is 16.6 Å². The van der Waals surface area contributed by atoms with Crippen LogP contribution >= 0.6 is 0 Å². The van der Waals surface area contributed by atoms with Crippen LogP contribution in [0.5, 0.6) is 5.75 Å². The molecule has 0 amide bonds. The Morgan fingerprint density at radius 2 is 1.85 bits per heavy atom. The lowest BCUT2D eigenvalue weighted by atomic mass is 10.2. The predicted octanol–water partition coefficient (Wildman–Crippen LogP) is 3.80. The van der Waals surface area contributed by atoms with Crippen LogP contribution in [0.15, 0.2) is 71.8 Å². The van der Waals surface area contributed by atoms with Gasteiger partial charge < -0.3 is 5.11 Å². The van der Waals surface area contributed by atoms with Crippen molar-refractivity contribution < 1.29 is 9.50 Å². The first-order valence-electron chi connectivity index (χ1n) is 8.22. The number of aromatic nitrogens is 3. The predicted molar refractivity (Wildman–Crippen MR) is 102 cm³/mol. The van der Waals surface area contributed by atoms with Gasteiger partial charge in [-0.25, -0.2) is 9.37 Å². The lowest BCUT2D eigenvalue weighted by Crippen LogP contribution is -2.22. The van der Waals surface area contributed by atoms with Crippen LogP contribution in [0.25, 0.3) is 28.7 Å². The number of hydrogen-bond acceptors (Lipinski definition) is 4. The molecule has 0 aliphatic heterocycles. The molecule has 1 N–H and O–H groups in total. The van der Waals surface area contributed by atoms with Crippen LogP contribution in [0.3, 0.4) is 0 Å². The first kappa shape index (κ1) is 16.7. The Hall–Kier alpha value is -3.80. The number of hydrogen-bond donors (Lipinski definition) is 1. The third-order valence-corrected chi connectivity index (χ3v) is 4.08. The van der Waals surface area contributed by atoms with E-state index in [1.165, 1.54) is 35.0 Å². The summed E-state index contributed by atoms with van der Waals surface area (Å²) < 4.78 is 14.5. The van der Waals surface area contributed by atoms with Crippen molar-refractivity contribution in [1.82, 2.24) is 14.5 Å². The van der Waals surface area contributed by atoms with Crippen LogP contribution in [0.1, 0.15) is 11.4 Å². The highest BCUT2D eigenvalue weighted by molar-refractivity contribution is 5.79. The molecule has 27 heavy (non-hydrogen) atoms. The fraction of sp³-hybridized carbons (Fsp3) is 0. The minimum Gasteiger partial charge on any atom is -0.508 e. The molecule has 0 aliphatic carbocycles.